The van der Waals surface area contributed by atoms with Crippen LogP contribution in [0.15, 0.2) is 52.3 Å². The zero-order chi connectivity index (χ0) is 18.7. The quantitative estimate of drug-likeness (QED) is 0.707. The second kappa shape index (κ2) is 7.61. The topological polar surface area (TPSA) is 87.6 Å². The molecular weight excluding hydrogens is 358 g/mol. The van der Waals surface area contributed by atoms with Gasteiger partial charge in [0, 0.05) is 24.1 Å². The molecule has 0 fully saturated rings. The van der Waals surface area contributed by atoms with Gasteiger partial charge >= 0.3 is 0 Å². The summed E-state index contributed by atoms with van der Waals surface area (Å²) in [4.78, 5) is 16.6. The van der Waals surface area contributed by atoms with Gasteiger partial charge in [0.1, 0.15) is 5.84 Å². The van der Waals surface area contributed by atoms with E-state index in [0.717, 1.165) is 6.42 Å². The summed E-state index contributed by atoms with van der Waals surface area (Å²) in [5, 5.41) is 4.82. The lowest BCUT2D eigenvalue weighted by molar-refractivity contribution is -0.120. The minimum atomic E-state index is -3.62. The number of nitrogens with zero attached hydrogens (tertiary/aromatic N) is 1. The Morgan fingerprint density at radius 3 is 2.76 bits per heavy atom. The summed E-state index contributed by atoms with van der Waals surface area (Å²) in [6.07, 6.45) is 5.46. The largest absolute Gasteiger partial charge is 0.355 e. The van der Waals surface area contributed by atoms with Gasteiger partial charge in [-0.15, -0.1) is 11.8 Å². The molecule has 0 saturated carbocycles. The Hall–Kier alpha value is -1.80. The van der Waals surface area contributed by atoms with E-state index in [4.69, 9.17) is 0 Å². The van der Waals surface area contributed by atoms with E-state index in [-0.39, 0.29) is 27.3 Å². The van der Waals surface area contributed by atoms with Gasteiger partial charge in [-0.3, -0.25) is 14.5 Å². The van der Waals surface area contributed by atoms with E-state index in [0.29, 0.717) is 18.7 Å². The molecule has 0 spiro atoms. The third kappa shape index (κ3) is 4.64. The number of amidine groups is 1. The molecule has 0 saturated heterocycles. The summed E-state index contributed by atoms with van der Waals surface area (Å²) in [7, 11) is -3.62. The van der Waals surface area contributed by atoms with Crippen LogP contribution in [0.25, 0.3) is 0 Å². The van der Waals surface area contributed by atoms with Crippen molar-refractivity contribution < 1.29 is 13.2 Å². The minimum Gasteiger partial charge on any atom is -0.355 e. The van der Waals surface area contributed by atoms with Crippen LogP contribution in [0.1, 0.15) is 20.3 Å². The Bertz CT molecular complexity index is 769. The van der Waals surface area contributed by atoms with Gasteiger partial charge in [-0.25, -0.2) is 8.42 Å². The number of hydrogen-bond donors (Lipinski definition) is 2. The van der Waals surface area contributed by atoms with Crippen molar-refractivity contribution in [1.82, 2.24) is 10.0 Å². The summed E-state index contributed by atoms with van der Waals surface area (Å²) in [5.74, 6) is 0.276. The molecular formula is C17H23N3O3S2. The van der Waals surface area contributed by atoms with Crippen molar-refractivity contribution in [2.45, 2.75) is 25.5 Å². The molecule has 0 aromatic carbocycles. The van der Waals surface area contributed by atoms with Gasteiger partial charge in [0.05, 0.1) is 10.2 Å². The number of thioether (sulfide) groups is 1. The van der Waals surface area contributed by atoms with E-state index in [9.17, 15) is 13.2 Å². The van der Waals surface area contributed by atoms with E-state index in [1.54, 1.807) is 0 Å². The number of carbonyl (C=O) groups is 1. The van der Waals surface area contributed by atoms with Gasteiger partial charge in [-0.2, -0.15) is 0 Å². The number of sulfonamides is 1. The molecule has 0 bridgehead atoms. The molecule has 6 nitrogen and oxygen atoms in total. The van der Waals surface area contributed by atoms with Crippen molar-refractivity contribution in [3.8, 4) is 0 Å². The maximum Gasteiger partial charge on any atom is 0.263 e. The van der Waals surface area contributed by atoms with Crippen LogP contribution in [-0.4, -0.2) is 38.5 Å². The summed E-state index contributed by atoms with van der Waals surface area (Å²) < 4.78 is 26.5. The number of carbonyl (C=O) groups excluding carboxylic acids is 1. The van der Waals surface area contributed by atoms with E-state index in [1.807, 2.05) is 25.3 Å². The summed E-state index contributed by atoms with van der Waals surface area (Å²) in [5.41, 5.74) is 0.0943. The fourth-order valence-electron chi connectivity index (χ4n) is 2.38. The van der Waals surface area contributed by atoms with Gasteiger partial charge in [-0.1, -0.05) is 39.2 Å². The Labute approximate surface area is 153 Å². The molecule has 2 rings (SSSR count). The van der Waals surface area contributed by atoms with Crippen molar-refractivity contribution in [2.75, 3.05) is 13.1 Å². The minimum absolute atomic E-state index is 0.0120. The van der Waals surface area contributed by atoms with Crippen LogP contribution in [0, 0.1) is 5.41 Å². The van der Waals surface area contributed by atoms with E-state index >= 15 is 0 Å². The number of amides is 1. The molecule has 8 heteroatoms. The first kappa shape index (κ1) is 19.5. The molecule has 0 aromatic heterocycles. The van der Waals surface area contributed by atoms with Crippen LogP contribution in [0.3, 0.4) is 0 Å². The number of allylic oxidation sites excluding steroid dienone is 2. The molecule has 0 radical (unpaired) electrons. The van der Waals surface area contributed by atoms with Crippen LogP contribution in [0.2, 0.25) is 0 Å². The van der Waals surface area contributed by atoms with Crippen molar-refractivity contribution in [3.05, 3.63) is 47.3 Å². The van der Waals surface area contributed by atoms with Gasteiger partial charge < -0.3 is 5.32 Å². The first-order chi connectivity index (χ1) is 11.7. The highest BCUT2D eigenvalue weighted by molar-refractivity contribution is 8.03. The van der Waals surface area contributed by atoms with E-state index in [2.05, 4.69) is 28.2 Å². The maximum absolute atomic E-state index is 12.1. The molecule has 1 atom stereocenters. The summed E-state index contributed by atoms with van der Waals surface area (Å²) >= 11 is 1.52. The number of hydrogen-bond acceptors (Lipinski definition) is 5. The van der Waals surface area contributed by atoms with E-state index in [1.165, 1.54) is 23.9 Å². The van der Waals surface area contributed by atoms with Crippen LogP contribution < -0.4 is 10.0 Å². The monoisotopic (exact) mass is 381 g/mol. The Kier molecular flexibility index (Phi) is 5.95. The Balaban J connectivity index is 2.02. The van der Waals surface area contributed by atoms with E-state index < -0.39 is 10.0 Å². The first-order valence-corrected chi connectivity index (χ1v) is 10.3. The molecule has 0 aromatic rings. The molecule has 2 aliphatic heterocycles. The predicted octanol–water partition coefficient (Wildman–Crippen LogP) is 2.11. The lowest BCUT2D eigenvalue weighted by atomic mass is 9.93. The maximum atomic E-state index is 12.1. The van der Waals surface area contributed by atoms with Crippen molar-refractivity contribution in [3.63, 3.8) is 0 Å². The Morgan fingerprint density at radius 2 is 2.20 bits per heavy atom. The van der Waals surface area contributed by atoms with Crippen LogP contribution in [0.5, 0.6) is 0 Å². The van der Waals surface area contributed by atoms with Gasteiger partial charge in [-0.05, 0) is 17.9 Å². The van der Waals surface area contributed by atoms with Crippen LogP contribution in [-0.2, 0) is 14.8 Å². The molecule has 2 N–H and O–H groups in total. The fourth-order valence-corrected chi connectivity index (χ4v) is 4.45. The van der Waals surface area contributed by atoms with Crippen molar-refractivity contribution in [2.24, 2.45) is 10.4 Å². The van der Waals surface area contributed by atoms with Crippen molar-refractivity contribution in [1.29, 1.82) is 0 Å². The third-order valence-corrected chi connectivity index (χ3v) is 6.33. The normalized spacial score (nSPS) is 23.6. The van der Waals surface area contributed by atoms with Gasteiger partial charge in [0.2, 0.25) is 5.91 Å². The highest BCUT2D eigenvalue weighted by atomic mass is 32.2. The highest BCUT2D eigenvalue weighted by Gasteiger charge is 2.31. The van der Waals surface area contributed by atoms with Crippen LogP contribution in [0.4, 0.5) is 0 Å². The lowest BCUT2D eigenvalue weighted by Gasteiger charge is -2.24. The molecule has 0 aliphatic carbocycles. The molecule has 1 unspecified atom stereocenters. The molecule has 2 aliphatic rings. The smallest absolute Gasteiger partial charge is 0.263 e. The molecule has 1 amide bonds. The second-order valence-corrected chi connectivity index (χ2v) is 9.33. The number of rotatable bonds is 7. The standard InChI is InChI=1S/C17H23N3O3S2/c1-5-12-14(6-2)25(22,23)20-15(12)18-10-17(3,4)11-19-16(21)13-8-7-9-24-13/h5-7,9,13H,1-2,8,10-11H2,3-4H3,(H,18,20)(H,19,21). The SMILES string of the molecule is C=CC1=C(C=C)S(=O)(=O)NC1=NCC(C)(C)CNC(=O)C1CC=CS1. The average molecular weight is 382 g/mol. The second-order valence-electron chi connectivity index (χ2n) is 6.57. The first-order valence-electron chi connectivity index (χ1n) is 7.85. The van der Waals surface area contributed by atoms with Crippen molar-refractivity contribution >= 4 is 33.5 Å². The Morgan fingerprint density at radius 1 is 1.48 bits per heavy atom. The van der Waals surface area contributed by atoms with Crippen LogP contribution >= 0.6 is 11.8 Å². The molecule has 2 heterocycles. The predicted molar refractivity (Wildman–Crippen MR) is 104 cm³/mol. The van der Waals surface area contributed by atoms with Gasteiger partial charge in [0.15, 0.2) is 0 Å². The summed E-state index contributed by atoms with van der Waals surface area (Å²) in [6, 6.07) is 0. The zero-order valence-electron chi connectivity index (χ0n) is 14.4. The summed E-state index contributed by atoms with van der Waals surface area (Å²) in [6.45, 7) is 11.9. The molecule has 136 valence electrons. The number of aliphatic imine (C=N–C) groups is 1. The lowest BCUT2D eigenvalue weighted by Crippen LogP contribution is -2.39. The zero-order valence-corrected chi connectivity index (χ0v) is 16.0. The fraction of sp³-hybridized carbons (Fsp3) is 0.412. The average Bonchev–Trinajstić information content (AvgIpc) is 3.16. The van der Waals surface area contributed by atoms with Gasteiger partial charge in [0.25, 0.3) is 10.0 Å². The third-order valence-electron chi connectivity index (χ3n) is 3.82. The number of nitrogens with one attached hydrogen (secondary N) is 2. The highest BCUT2D eigenvalue weighted by Crippen LogP contribution is 2.25. The molecule has 25 heavy (non-hydrogen) atoms.